The van der Waals surface area contributed by atoms with Crippen molar-refractivity contribution in [3.05, 3.63) is 11.6 Å². The van der Waals surface area contributed by atoms with Gasteiger partial charge in [0.25, 0.3) is 0 Å². The maximum atomic E-state index is 10.4. The van der Waals surface area contributed by atoms with E-state index in [-0.39, 0.29) is 0 Å². The lowest BCUT2D eigenvalue weighted by molar-refractivity contribution is -0.131. The van der Waals surface area contributed by atoms with Crippen molar-refractivity contribution < 1.29 is 9.90 Å². The van der Waals surface area contributed by atoms with E-state index in [9.17, 15) is 4.79 Å². The highest BCUT2D eigenvalue weighted by atomic mass is 16.4. The molecule has 0 aromatic rings. The fourth-order valence-electron chi connectivity index (χ4n) is 3.34. The van der Waals surface area contributed by atoms with Crippen LogP contribution in [0.25, 0.3) is 0 Å². The molecule has 0 aliphatic heterocycles. The summed E-state index contributed by atoms with van der Waals surface area (Å²) in [5.41, 5.74) is 0.899. The standard InChI is InChI=1S/C13H21NO2/c1-9(4-13(15)16)7-14-8-12-6-10-2-3-11(12)5-10/h4,10-12,14H,2-3,5-8H2,1H3,(H,15,16). The summed E-state index contributed by atoms with van der Waals surface area (Å²) in [6.07, 6.45) is 6.98. The van der Waals surface area contributed by atoms with Crippen LogP contribution in [0.5, 0.6) is 0 Å². The van der Waals surface area contributed by atoms with Gasteiger partial charge >= 0.3 is 5.97 Å². The van der Waals surface area contributed by atoms with Crippen LogP contribution >= 0.6 is 0 Å². The molecule has 0 radical (unpaired) electrons. The first-order valence-electron chi connectivity index (χ1n) is 6.26. The Hall–Kier alpha value is -0.830. The number of fused-ring (bicyclic) bond motifs is 2. The fraction of sp³-hybridized carbons (Fsp3) is 0.769. The average Bonchev–Trinajstić information content (AvgIpc) is 2.77. The molecule has 2 fully saturated rings. The Balaban J connectivity index is 1.67. The molecule has 0 aromatic heterocycles. The number of rotatable bonds is 5. The van der Waals surface area contributed by atoms with Crippen LogP contribution in [-0.4, -0.2) is 24.2 Å². The molecule has 3 unspecified atom stereocenters. The fourth-order valence-corrected chi connectivity index (χ4v) is 3.34. The number of nitrogens with one attached hydrogen (secondary N) is 1. The van der Waals surface area contributed by atoms with Gasteiger partial charge in [-0.3, -0.25) is 0 Å². The van der Waals surface area contributed by atoms with Crippen molar-refractivity contribution in [3.63, 3.8) is 0 Å². The molecule has 2 N–H and O–H groups in total. The van der Waals surface area contributed by atoms with Crippen LogP contribution in [0.4, 0.5) is 0 Å². The first-order chi connectivity index (χ1) is 7.65. The Morgan fingerprint density at radius 1 is 1.44 bits per heavy atom. The summed E-state index contributed by atoms with van der Waals surface area (Å²) >= 11 is 0. The molecular weight excluding hydrogens is 202 g/mol. The first kappa shape index (κ1) is 11.6. The van der Waals surface area contributed by atoms with Crippen molar-refractivity contribution in [1.29, 1.82) is 0 Å². The molecule has 2 aliphatic rings. The number of carbonyl (C=O) groups is 1. The van der Waals surface area contributed by atoms with Crippen LogP contribution in [0.2, 0.25) is 0 Å². The van der Waals surface area contributed by atoms with Gasteiger partial charge in [0.05, 0.1) is 0 Å². The zero-order valence-corrected chi connectivity index (χ0v) is 9.91. The van der Waals surface area contributed by atoms with Crippen LogP contribution in [0.3, 0.4) is 0 Å². The van der Waals surface area contributed by atoms with E-state index in [2.05, 4.69) is 5.32 Å². The third-order valence-electron chi connectivity index (χ3n) is 4.06. The summed E-state index contributed by atoms with van der Waals surface area (Å²) in [5.74, 6) is 1.93. The van der Waals surface area contributed by atoms with E-state index in [4.69, 9.17) is 5.11 Å². The number of hydrogen-bond donors (Lipinski definition) is 2. The molecule has 2 saturated carbocycles. The molecule has 0 amide bonds. The predicted molar refractivity (Wildman–Crippen MR) is 63.2 cm³/mol. The third kappa shape index (κ3) is 2.85. The Bertz CT molecular complexity index is 298. The second-order valence-electron chi connectivity index (χ2n) is 5.39. The molecule has 16 heavy (non-hydrogen) atoms. The molecule has 0 aromatic carbocycles. The molecule has 3 heteroatoms. The van der Waals surface area contributed by atoms with Crippen molar-refractivity contribution in [2.24, 2.45) is 17.8 Å². The van der Waals surface area contributed by atoms with Crippen molar-refractivity contribution in [2.45, 2.75) is 32.6 Å². The summed E-state index contributed by atoms with van der Waals surface area (Å²) in [7, 11) is 0. The van der Waals surface area contributed by atoms with Crippen LogP contribution in [0.15, 0.2) is 11.6 Å². The Morgan fingerprint density at radius 2 is 2.25 bits per heavy atom. The lowest BCUT2D eigenvalue weighted by Gasteiger charge is -2.21. The van der Waals surface area contributed by atoms with E-state index in [1.807, 2.05) is 6.92 Å². The second kappa shape index (κ2) is 5.00. The molecular formula is C13H21NO2. The highest BCUT2D eigenvalue weighted by Crippen LogP contribution is 2.47. The summed E-state index contributed by atoms with van der Waals surface area (Å²) in [6.45, 7) is 3.63. The Morgan fingerprint density at radius 3 is 2.81 bits per heavy atom. The van der Waals surface area contributed by atoms with Gasteiger partial charge in [-0.25, -0.2) is 4.79 Å². The summed E-state index contributed by atoms with van der Waals surface area (Å²) < 4.78 is 0. The zero-order valence-electron chi connectivity index (χ0n) is 9.91. The molecule has 2 bridgehead atoms. The highest BCUT2D eigenvalue weighted by molar-refractivity contribution is 5.80. The lowest BCUT2D eigenvalue weighted by Crippen LogP contribution is -2.27. The molecule has 2 aliphatic carbocycles. The van der Waals surface area contributed by atoms with E-state index >= 15 is 0 Å². The monoisotopic (exact) mass is 223 g/mol. The molecule has 90 valence electrons. The number of hydrogen-bond acceptors (Lipinski definition) is 2. The summed E-state index contributed by atoms with van der Waals surface area (Å²) in [6, 6.07) is 0. The van der Waals surface area contributed by atoms with Gasteiger partial charge in [0.1, 0.15) is 0 Å². The normalized spacial score (nSPS) is 33.3. The first-order valence-corrected chi connectivity index (χ1v) is 6.26. The quantitative estimate of drug-likeness (QED) is 0.701. The third-order valence-corrected chi connectivity index (χ3v) is 4.06. The summed E-state index contributed by atoms with van der Waals surface area (Å²) in [4.78, 5) is 10.4. The average molecular weight is 223 g/mol. The largest absolute Gasteiger partial charge is 0.478 e. The van der Waals surface area contributed by atoms with Crippen molar-refractivity contribution in [2.75, 3.05) is 13.1 Å². The van der Waals surface area contributed by atoms with Crippen LogP contribution in [0.1, 0.15) is 32.6 Å². The van der Waals surface area contributed by atoms with Gasteiger partial charge in [0.2, 0.25) is 0 Å². The highest BCUT2D eigenvalue weighted by Gasteiger charge is 2.38. The Labute approximate surface area is 96.9 Å². The van der Waals surface area contributed by atoms with Crippen molar-refractivity contribution in [1.82, 2.24) is 5.32 Å². The molecule has 0 spiro atoms. The smallest absolute Gasteiger partial charge is 0.328 e. The molecule has 0 saturated heterocycles. The van der Waals surface area contributed by atoms with Gasteiger partial charge in [0, 0.05) is 12.6 Å². The molecule has 3 nitrogen and oxygen atoms in total. The maximum Gasteiger partial charge on any atom is 0.328 e. The van der Waals surface area contributed by atoms with Gasteiger partial charge in [0.15, 0.2) is 0 Å². The van der Waals surface area contributed by atoms with Crippen LogP contribution < -0.4 is 5.32 Å². The van der Waals surface area contributed by atoms with Gasteiger partial charge in [-0.15, -0.1) is 0 Å². The molecule has 3 atom stereocenters. The van der Waals surface area contributed by atoms with E-state index < -0.39 is 5.97 Å². The minimum atomic E-state index is -0.848. The van der Waals surface area contributed by atoms with Gasteiger partial charge in [-0.05, 0) is 50.5 Å². The van der Waals surface area contributed by atoms with Crippen LogP contribution in [0, 0.1) is 17.8 Å². The van der Waals surface area contributed by atoms with Crippen molar-refractivity contribution in [3.8, 4) is 0 Å². The Kier molecular flexibility index (Phi) is 3.64. The van der Waals surface area contributed by atoms with Crippen LogP contribution in [-0.2, 0) is 4.79 Å². The number of carboxylic acid groups (broad SMARTS) is 1. The number of carboxylic acids is 1. The predicted octanol–water partition coefficient (Wildman–Crippen LogP) is 2.04. The van der Waals surface area contributed by atoms with E-state index in [1.165, 1.54) is 31.8 Å². The van der Waals surface area contributed by atoms with E-state index in [0.29, 0.717) is 6.54 Å². The number of aliphatic carboxylic acids is 1. The summed E-state index contributed by atoms with van der Waals surface area (Å²) in [5, 5.41) is 12.0. The molecule has 2 rings (SSSR count). The molecule has 0 heterocycles. The second-order valence-corrected chi connectivity index (χ2v) is 5.39. The lowest BCUT2D eigenvalue weighted by atomic mass is 9.89. The topological polar surface area (TPSA) is 49.3 Å². The zero-order chi connectivity index (χ0) is 11.5. The van der Waals surface area contributed by atoms with E-state index in [1.54, 1.807) is 0 Å². The SMILES string of the molecule is CC(=CC(=O)O)CNCC1CC2CCC1C2. The van der Waals surface area contributed by atoms with Gasteiger partial charge in [-0.2, -0.15) is 0 Å². The maximum absolute atomic E-state index is 10.4. The minimum Gasteiger partial charge on any atom is -0.478 e. The minimum absolute atomic E-state index is 0.709. The van der Waals surface area contributed by atoms with E-state index in [0.717, 1.165) is 29.9 Å². The van der Waals surface area contributed by atoms with Gasteiger partial charge in [-0.1, -0.05) is 12.0 Å². The van der Waals surface area contributed by atoms with Gasteiger partial charge < -0.3 is 10.4 Å². The van der Waals surface area contributed by atoms with Crippen molar-refractivity contribution >= 4 is 5.97 Å².